The molecule has 4 rings (SSSR count). The van der Waals surface area contributed by atoms with E-state index in [0.29, 0.717) is 21.3 Å². The van der Waals surface area contributed by atoms with Crippen LogP contribution < -0.4 is 4.90 Å². The fourth-order valence-corrected chi connectivity index (χ4v) is 3.73. The van der Waals surface area contributed by atoms with Gasteiger partial charge in [-0.2, -0.15) is 0 Å². The number of nitrogens with zero attached hydrogens (tertiary/aromatic N) is 1. The van der Waals surface area contributed by atoms with Gasteiger partial charge in [-0.05, 0) is 48.9 Å². The van der Waals surface area contributed by atoms with Gasteiger partial charge in [-0.25, -0.2) is 9.69 Å². The Balaban J connectivity index is 1.57. The molecule has 2 amide bonds. The third-order valence-electron chi connectivity index (χ3n) is 4.85. The van der Waals surface area contributed by atoms with Crippen molar-refractivity contribution in [1.82, 2.24) is 0 Å². The lowest BCUT2D eigenvalue weighted by Crippen LogP contribution is -2.29. The molecule has 0 aromatic heterocycles. The van der Waals surface area contributed by atoms with Crippen molar-refractivity contribution >= 4 is 46.7 Å². The molecule has 3 aromatic carbocycles. The van der Waals surface area contributed by atoms with Crippen LogP contribution in [0.25, 0.3) is 0 Å². The topological polar surface area (TPSA) is 63.7 Å². The van der Waals surface area contributed by atoms with Crippen LogP contribution in [0, 0.1) is 6.92 Å². The molecular weight excluding hydrogens is 425 g/mol. The van der Waals surface area contributed by atoms with Crippen LogP contribution in [0.3, 0.4) is 0 Å². The molecule has 5 nitrogen and oxygen atoms in total. The van der Waals surface area contributed by atoms with E-state index >= 15 is 0 Å². The van der Waals surface area contributed by atoms with Crippen molar-refractivity contribution < 1.29 is 19.1 Å². The number of fused-ring (bicyclic) bond motifs is 1. The molecule has 1 aliphatic heterocycles. The average Bonchev–Trinajstić information content (AvgIpc) is 2.97. The maximum absolute atomic E-state index is 12.9. The van der Waals surface area contributed by atoms with Crippen molar-refractivity contribution in [3.05, 3.63) is 98.5 Å². The minimum atomic E-state index is -0.626. The van der Waals surface area contributed by atoms with Gasteiger partial charge >= 0.3 is 5.97 Å². The zero-order valence-electron chi connectivity index (χ0n) is 15.8. The summed E-state index contributed by atoms with van der Waals surface area (Å²) in [5, 5.41) is 0.869. The van der Waals surface area contributed by atoms with Crippen molar-refractivity contribution in [2.24, 2.45) is 0 Å². The molecule has 1 heterocycles. The monoisotopic (exact) mass is 439 g/mol. The van der Waals surface area contributed by atoms with E-state index in [1.807, 2.05) is 19.1 Å². The Morgan fingerprint density at radius 3 is 2.40 bits per heavy atom. The predicted octanol–water partition coefficient (Wildman–Crippen LogP) is 5.46. The van der Waals surface area contributed by atoms with Gasteiger partial charge in [0.1, 0.15) is 6.61 Å². The van der Waals surface area contributed by atoms with Gasteiger partial charge in [-0.15, -0.1) is 0 Å². The molecule has 7 heteroatoms. The van der Waals surface area contributed by atoms with Gasteiger partial charge in [0.2, 0.25) is 0 Å². The average molecular weight is 440 g/mol. The van der Waals surface area contributed by atoms with E-state index in [4.69, 9.17) is 27.9 Å². The Morgan fingerprint density at radius 1 is 0.933 bits per heavy atom. The number of hydrogen-bond donors (Lipinski definition) is 0. The lowest BCUT2D eigenvalue weighted by molar-refractivity contribution is 0.0472. The normalized spacial score (nSPS) is 12.8. The first-order chi connectivity index (χ1) is 14.4. The second-order valence-corrected chi connectivity index (χ2v) is 7.65. The standard InChI is InChI=1S/C23H15Cl2NO4/c1-13-4-2-3-5-20(13)26-21(27)17-9-7-14(10-18(17)22(26)28)23(29)30-12-15-6-8-16(24)11-19(15)25/h2-11H,12H2,1H3. The van der Waals surface area contributed by atoms with Crippen LogP contribution in [-0.4, -0.2) is 17.8 Å². The second kappa shape index (κ2) is 7.94. The summed E-state index contributed by atoms with van der Waals surface area (Å²) in [5.74, 6) is -1.52. The number of halogens is 2. The first-order valence-electron chi connectivity index (χ1n) is 9.06. The van der Waals surface area contributed by atoms with E-state index < -0.39 is 17.8 Å². The van der Waals surface area contributed by atoms with Crippen molar-refractivity contribution in [2.45, 2.75) is 13.5 Å². The number of aryl methyl sites for hydroxylation is 1. The van der Waals surface area contributed by atoms with Crippen LogP contribution in [0.5, 0.6) is 0 Å². The van der Waals surface area contributed by atoms with Crippen LogP contribution in [0.2, 0.25) is 10.0 Å². The molecule has 0 saturated heterocycles. The van der Waals surface area contributed by atoms with Crippen LogP contribution in [0.4, 0.5) is 5.69 Å². The molecule has 0 aliphatic carbocycles. The lowest BCUT2D eigenvalue weighted by atomic mass is 10.1. The van der Waals surface area contributed by atoms with Gasteiger partial charge in [-0.1, -0.05) is 47.5 Å². The fraction of sp³-hybridized carbons (Fsp3) is 0.0870. The number of anilines is 1. The summed E-state index contributed by atoms with van der Waals surface area (Å²) >= 11 is 12.0. The van der Waals surface area contributed by atoms with Crippen molar-refractivity contribution in [2.75, 3.05) is 4.90 Å². The van der Waals surface area contributed by atoms with Gasteiger partial charge in [0, 0.05) is 15.6 Å². The molecule has 0 atom stereocenters. The quantitative estimate of drug-likeness (QED) is 0.399. The first kappa shape index (κ1) is 20.1. The number of ether oxygens (including phenoxy) is 1. The van der Waals surface area contributed by atoms with E-state index in [2.05, 4.69) is 0 Å². The number of hydrogen-bond acceptors (Lipinski definition) is 4. The van der Waals surface area contributed by atoms with E-state index in [1.165, 1.54) is 18.2 Å². The molecule has 0 saturated carbocycles. The lowest BCUT2D eigenvalue weighted by Gasteiger charge is -2.16. The molecule has 0 spiro atoms. The fourth-order valence-electron chi connectivity index (χ4n) is 3.27. The highest BCUT2D eigenvalue weighted by Crippen LogP contribution is 2.31. The molecule has 0 unspecified atom stereocenters. The molecule has 0 bridgehead atoms. The molecular formula is C23H15Cl2NO4. The van der Waals surface area contributed by atoms with Crippen LogP contribution >= 0.6 is 23.2 Å². The maximum atomic E-state index is 12.9. The van der Waals surface area contributed by atoms with Crippen molar-refractivity contribution in [3.63, 3.8) is 0 Å². The molecule has 0 radical (unpaired) electrons. The van der Waals surface area contributed by atoms with Crippen LogP contribution in [0.15, 0.2) is 60.7 Å². The summed E-state index contributed by atoms with van der Waals surface area (Å²) in [7, 11) is 0. The summed E-state index contributed by atoms with van der Waals surface area (Å²) in [5.41, 5.74) is 2.51. The van der Waals surface area contributed by atoms with Crippen LogP contribution in [-0.2, 0) is 11.3 Å². The number of benzene rings is 3. The third-order valence-corrected chi connectivity index (χ3v) is 5.44. The summed E-state index contributed by atoms with van der Waals surface area (Å²) in [6, 6.07) is 16.3. The Bertz CT molecular complexity index is 1210. The Morgan fingerprint density at radius 2 is 1.67 bits per heavy atom. The number of para-hydroxylation sites is 1. The summed E-state index contributed by atoms with van der Waals surface area (Å²) in [6.45, 7) is 1.78. The number of esters is 1. The zero-order chi connectivity index (χ0) is 21.4. The largest absolute Gasteiger partial charge is 0.457 e. The molecule has 1 aliphatic rings. The summed E-state index contributed by atoms with van der Waals surface area (Å²) in [6.07, 6.45) is 0. The Labute approximate surface area is 182 Å². The van der Waals surface area contributed by atoms with E-state index in [-0.39, 0.29) is 23.3 Å². The SMILES string of the molecule is Cc1ccccc1N1C(=O)c2ccc(C(=O)OCc3ccc(Cl)cc3Cl)cc2C1=O. The molecule has 0 N–H and O–H groups in total. The second-order valence-electron chi connectivity index (χ2n) is 6.80. The van der Waals surface area contributed by atoms with E-state index in [0.717, 1.165) is 10.5 Å². The minimum Gasteiger partial charge on any atom is -0.457 e. The number of rotatable bonds is 4. The number of carbonyl (C=O) groups is 3. The number of amides is 2. The molecule has 3 aromatic rings. The van der Waals surface area contributed by atoms with E-state index in [1.54, 1.807) is 30.3 Å². The van der Waals surface area contributed by atoms with Gasteiger partial charge in [-0.3, -0.25) is 9.59 Å². The highest BCUT2D eigenvalue weighted by Gasteiger charge is 2.37. The number of imide groups is 1. The van der Waals surface area contributed by atoms with Crippen LogP contribution in [0.1, 0.15) is 42.2 Å². The molecule has 150 valence electrons. The zero-order valence-corrected chi connectivity index (χ0v) is 17.3. The minimum absolute atomic E-state index is 0.0475. The number of carbonyl (C=O) groups excluding carboxylic acids is 3. The molecule has 0 fully saturated rings. The Hall–Kier alpha value is -3.15. The van der Waals surface area contributed by atoms with Gasteiger partial charge in [0.05, 0.1) is 22.4 Å². The van der Waals surface area contributed by atoms with Crippen molar-refractivity contribution in [3.8, 4) is 0 Å². The predicted molar refractivity (Wildman–Crippen MR) is 114 cm³/mol. The summed E-state index contributed by atoms with van der Waals surface area (Å²) in [4.78, 5) is 39.3. The highest BCUT2D eigenvalue weighted by molar-refractivity contribution is 6.35. The maximum Gasteiger partial charge on any atom is 0.338 e. The Kier molecular flexibility index (Phi) is 5.33. The van der Waals surface area contributed by atoms with Gasteiger partial charge in [0.15, 0.2) is 0 Å². The smallest absolute Gasteiger partial charge is 0.338 e. The van der Waals surface area contributed by atoms with Gasteiger partial charge in [0.25, 0.3) is 11.8 Å². The third kappa shape index (κ3) is 3.58. The van der Waals surface area contributed by atoms with E-state index in [9.17, 15) is 14.4 Å². The summed E-state index contributed by atoms with van der Waals surface area (Å²) < 4.78 is 5.31. The first-order valence-corrected chi connectivity index (χ1v) is 9.82. The van der Waals surface area contributed by atoms with Gasteiger partial charge < -0.3 is 4.74 Å². The molecule has 30 heavy (non-hydrogen) atoms. The highest BCUT2D eigenvalue weighted by atomic mass is 35.5. The van der Waals surface area contributed by atoms with Crippen molar-refractivity contribution in [1.29, 1.82) is 0 Å².